The Hall–Kier alpha value is -2.39. The highest BCUT2D eigenvalue weighted by atomic mass is 35.5. The summed E-state index contributed by atoms with van der Waals surface area (Å²) in [7, 11) is 0. The van der Waals surface area contributed by atoms with Crippen molar-refractivity contribution in [3.8, 4) is 0 Å². The molecule has 0 aliphatic carbocycles. The lowest BCUT2D eigenvalue weighted by molar-refractivity contribution is -0.120. The Morgan fingerprint density at radius 3 is 2.54 bits per heavy atom. The van der Waals surface area contributed by atoms with Gasteiger partial charge in [-0.05, 0) is 82.8 Å². The number of benzene rings is 1. The van der Waals surface area contributed by atoms with Crippen molar-refractivity contribution >= 4 is 41.0 Å². The van der Waals surface area contributed by atoms with E-state index in [0.29, 0.717) is 34.9 Å². The van der Waals surface area contributed by atoms with Gasteiger partial charge in [0.15, 0.2) is 0 Å². The number of halogens is 2. The Balaban J connectivity index is 1.18. The van der Waals surface area contributed by atoms with Crippen molar-refractivity contribution in [1.82, 2.24) is 20.1 Å². The highest BCUT2D eigenvalue weighted by Gasteiger charge is 2.43. The number of pyridine rings is 1. The van der Waals surface area contributed by atoms with Crippen LogP contribution in [0.25, 0.3) is 0 Å². The summed E-state index contributed by atoms with van der Waals surface area (Å²) in [6.45, 7) is 11.2. The lowest BCUT2D eigenvalue weighted by Gasteiger charge is -2.49. The summed E-state index contributed by atoms with van der Waals surface area (Å²) < 4.78 is 5.42. The van der Waals surface area contributed by atoms with Crippen LogP contribution in [0.4, 0.5) is 10.6 Å². The quantitative estimate of drug-likeness (QED) is 0.450. The third-order valence-corrected chi connectivity index (χ3v) is 9.39. The van der Waals surface area contributed by atoms with Gasteiger partial charge in [0.25, 0.3) is 0 Å². The van der Waals surface area contributed by atoms with Crippen LogP contribution in [0.1, 0.15) is 58.4 Å². The van der Waals surface area contributed by atoms with Gasteiger partial charge in [-0.3, -0.25) is 14.6 Å². The minimum atomic E-state index is -0.484. The molecule has 3 saturated heterocycles. The largest absolute Gasteiger partial charge is 0.444 e. The molecule has 1 aromatic carbocycles. The molecule has 10 heteroatoms. The topological polar surface area (TPSA) is 78.0 Å². The average Bonchev–Trinajstić information content (AvgIpc) is 2.90. The Morgan fingerprint density at radius 1 is 1.12 bits per heavy atom. The van der Waals surface area contributed by atoms with Crippen LogP contribution >= 0.6 is 23.2 Å². The number of carbonyl (C=O) groups is 2. The van der Waals surface area contributed by atoms with Gasteiger partial charge < -0.3 is 15.0 Å². The second-order valence-corrected chi connectivity index (χ2v) is 13.5. The molecule has 41 heavy (non-hydrogen) atoms. The number of nitrogens with one attached hydrogen (secondary N) is 1. The van der Waals surface area contributed by atoms with E-state index in [4.69, 9.17) is 27.9 Å². The smallest absolute Gasteiger partial charge is 0.407 e. The zero-order chi connectivity index (χ0) is 29.2. The average molecular weight is 603 g/mol. The molecule has 3 aliphatic rings. The maximum atomic E-state index is 13.0. The number of hydrogen-bond donors (Lipinski definition) is 1. The van der Waals surface area contributed by atoms with Crippen LogP contribution in [0.15, 0.2) is 42.6 Å². The van der Waals surface area contributed by atoms with Crippen molar-refractivity contribution in [2.45, 2.75) is 76.0 Å². The third kappa shape index (κ3) is 7.34. The summed E-state index contributed by atoms with van der Waals surface area (Å²) in [5.74, 6) is 0.795. The Kier molecular flexibility index (Phi) is 9.14. The van der Waals surface area contributed by atoms with Gasteiger partial charge in [0.1, 0.15) is 11.4 Å². The predicted octanol–water partition coefficient (Wildman–Crippen LogP) is 5.52. The van der Waals surface area contributed by atoms with E-state index in [1.807, 2.05) is 56.0 Å². The lowest BCUT2D eigenvalue weighted by atomic mass is 9.71. The fraction of sp³-hybridized carbons (Fsp3) is 0.581. The minimum Gasteiger partial charge on any atom is -0.444 e. The maximum absolute atomic E-state index is 13.0. The van der Waals surface area contributed by atoms with Gasteiger partial charge >= 0.3 is 6.09 Å². The van der Waals surface area contributed by atoms with Gasteiger partial charge in [-0.25, -0.2) is 9.78 Å². The zero-order valence-electron chi connectivity index (χ0n) is 24.2. The first-order chi connectivity index (χ1) is 19.5. The number of likely N-dealkylation sites (tertiary alicyclic amines) is 2. The molecule has 1 aromatic heterocycles. The molecule has 1 N–H and O–H groups in total. The van der Waals surface area contributed by atoms with Crippen LogP contribution < -0.4 is 10.2 Å². The summed E-state index contributed by atoms with van der Waals surface area (Å²) in [5.41, 5.74) is 0.399. The fourth-order valence-electron chi connectivity index (χ4n) is 6.29. The van der Waals surface area contributed by atoms with E-state index in [2.05, 4.69) is 26.2 Å². The molecule has 2 aromatic rings. The normalized spacial score (nSPS) is 23.3. The van der Waals surface area contributed by atoms with E-state index in [1.54, 1.807) is 6.20 Å². The molecule has 2 amide bonds. The van der Waals surface area contributed by atoms with Crippen molar-refractivity contribution in [2.24, 2.45) is 0 Å². The van der Waals surface area contributed by atoms with Crippen molar-refractivity contribution < 1.29 is 14.3 Å². The standard InChI is InChI=1S/C31H41Cl2N5O3/c1-30(2,3)41-29(40)35-23-10-15-37(16-11-23)24-19-36(20-24)17-13-31(22-7-8-25(32)26(33)18-22)12-9-28(39)38(21-31)27-6-4-5-14-34-27/h4-8,14,18,23-24H,9-13,15-17,19-21H2,1-3H3,(H,35,40)/t31-/m1/s1. The number of nitrogens with zero attached hydrogens (tertiary/aromatic N) is 4. The van der Waals surface area contributed by atoms with Crippen LogP contribution in [0, 0.1) is 0 Å². The molecule has 3 aliphatic heterocycles. The second kappa shape index (κ2) is 12.5. The first-order valence-electron chi connectivity index (χ1n) is 14.6. The summed E-state index contributed by atoms with van der Waals surface area (Å²) >= 11 is 12.8. The van der Waals surface area contributed by atoms with E-state index in [1.165, 1.54) is 0 Å². The summed E-state index contributed by atoms with van der Waals surface area (Å²) in [6.07, 6.45) is 5.42. The number of hydrogen-bond acceptors (Lipinski definition) is 6. The monoisotopic (exact) mass is 601 g/mol. The van der Waals surface area contributed by atoms with E-state index in [9.17, 15) is 9.59 Å². The molecule has 0 unspecified atom stereocenters. The zero-order valence-corrected chi connectivity index (χ0v) is 25.8. The number of piperidine rings is 2. The Labute approximate surface area is 253 Å². The second-order valence-electron chi connectivity index (χ2n) is 12.7. The number of carbonyl (C=O) groups excluding carboxylic acids is 2. The summed E-state index contributed by atoms with van der Waals surface area (Å²) in [5, 5.41) is 4.11. The first-order valence-corrected chi connectivity index (χ1v) is 15.4. The molecule has 0 spiro atoms. The van der Waals surface area contributed by atoms with Crippen molar-refractivity contribution in [1.29, 1.82) is 0 Å². The third-order valence-electron chi connectivity index (χ3n) is 8.65. The van der Waals surface area contributed by atoms with Gasteiger partial charge in [0, 0.05) is 62.8 Å². The van der Waals surface area contributed by atoms with Gasteiger partial charge in [-0.15, -0.1) is 0 Å². The molecule has 0 saturated carbocycles. The SMILES string of the molecule is CC(C)(C)OC(=O)NC1CCN(C2CN(CC[C@]3(c4ccc(Cl)c(Cl)c4)CCC(=O)N(c4ccccn4)C3)C2)CC1. The van der Waals surface area contributed by atoms with E-state index in [0.717, 1.165) is 64.0 Å². The van der Waals surface area contributed by atoms with Crippen LogP contribution in [-0.2, 0) is 14.9 Å². The molecule has 1 atom stereocenters. The van der Waals surface area contributed by atoms with Crippen molar-refractivity contribution in [3.63, 3.8) is 0 Å². The fourth-order valence-corrected chi connectivity index (χ4v) is 6.59. The van der Waals surface area contributed by atoms with Crippen LogP contribution in [-0.4, -0.2) is 83.7 Å². The Bertz CT molecular complexity index is 1230. The van der Waals surface area contributed by atoms with Gasteiger partial charge in [0.2, 0.25) is 5.91 Å². The molecule has 4 heterocycles. The van der Waals surface area contributed by atoms with Gasteiger partial charge in [-0.2, -0.15) is 0 Å². The number of amides is 2. The number of anilines is 1. The molecule has 0 bridgehead atoms. The summed E-state index contributed by atoms with van der Waals surface area (Å²) in [6, 6.07) is 12.3. The van der Waals surface area contributed by atoms with Crippen LogP contribution in [0.5, 0.6) is 0 Å². The Morgan fingerprint density at radius 2 is 1.88 bits per heavy atom. The maximum Gasteiger partial charge on any atom is 0.407 e. The lowest BCUT2D eigenvalue weighted by Crippen LogP contribution is -2.62. The number of aromatic nitrogens is 1. The van der Waals surface area contributed by atoms with E-state index < -0.39 is 5.60 Å². The predicted molar refractivity (Wildman–Crippen MR) is 163 cm³/mol. The molecule has 222 valence electrons. The molecule has 0 radical (unpaired) electrons. The summed E-state index contributed by atoms with van der Waals surface area (Å²) in [4.78, 5) is 36.5. The number of ether oxygens (including phenoxy) is 1. The first kappa shape index (κ1) is 30.1. The minimum absolute atomic E-state index is 0.105. The van der Waals surface area contributed by atoms with Crippen molar-refractivity contribution in [3.05, 3.63) is 58.2 Å². The highest BCUT2D eigenvalue weighted by Crippen LogP contribution is 2.41. The highest BCUT2D eigenvalue weighted by molar-refractivity contribution is 6.42. The van der Waals surface area contributed by atoms with E-state index in [-0.39, 0.29) is 23.5 Å². The van der Waals surface area contributed by atoms with E-state index >= 15 is 0 Å². The molecule has 5 rings (SSSR count). The molecular formula is C31H41Cl2N5O3. The van der Waals surface area contributed by atoms with Gasteiger partial charge in [0.05, 0.1) is 10.0 Å². The number of alkyl carbamates (subject to hydrolysis) is 1. The van der Waals surface area contributed by atoms with Gasteiger partial charge in [-0.1, -0.05) is 35.3 Å². The molecule has 8 nitrogen and oxygen atoms in total. The number of rotatable bonds is 7. The van der Waals surface area contributed by atoms with Crippen LogP contribution in [0.3, 0.4) is 0 Å². The van der Waals surface area contributed by atoms with Crippen molar-refractivity contribution in [2.75, 3.05) is 44.2 Å². The molecular weight excluding hydrogens is 561 g/mol. The molecule has 3 fully saturated rings. The van der Waals surface area contributed by atoms with Crippen LogP contribution in [0.2, 0.25) is 10.0 Å².